The minimum Gasteiger partial charge on any atom is -0.496 e. The maximum atomic E-state index is 5.84. The van der Waals surface area contributed by atoms with Crippen LogP contribution in [0.3, 0.4) is 0 Å². The van der Waals surface area contributed by atoms with E-state index in [0.717, 1.165) is 36.6 Å². The van der Waals surface area contributed by atoms with Crippen LogP contribution in [0.25, 0.3) is 0 Å². The number of hydrogen-bond acceptors (Lipinski definition) is 4. The van der Waals surface area contributed by atoms with Crippen molar-refractivity contribution in [2.24, 2.45) is 0 Å². The molecular formula is C16H25NO2S. The number of benzene rings is 1. The van der Waals surface area contributed by atoms with E-state index in [0.29, 0.717) is 6.04 Å². The van der Waals surface area contributed by atoms with Crippen LogP contribution >= 0.6 is 11.8 Å². The molecule has 4 heteroatoms. The molecule has 0 amide bonds. The van der Waals surface area contributed by atoms with Crippen LogP contribution < -0.4 is 14.8 Å². The fourth-order valence-corrected chi connectivity index (χ4v) is 3.34. The van der Waals surface area contributed by atoms with Crippen molar-refractivity contribution in [2.75, 3.05) is 19.1 Å². The summed E-state index contributed by atoms with van der Waals surface area (Å²) in [7, 11) is 1.74. The number of rotatable bonds is 7. The van der Waals surface area contributed by atoms with Gasteiger partial charge in [0.25, 0.3) is 0 Å². The highest BCUT2D eigenvalue weighted by Crippen LogP contribution is 2.34. The van der Waals surface area contributed by atoms with Crippen LogP contribution in [0.1, 0.15) is 31.4 Å². The molecule has 0 aromatic heterocycles. The molecule has 1 aliphatic heterocycles. The molecule has 20 heavy (non-hydrogen) atoms. The van der Waals surface area contributed by atoms with E-state index in [1.807, 2.05) is 11.8 Å². The molecule has 0 radical (unpaired) electrons. The maximum Gasteiger partial charge on any atom is 0.123 e. The Morgan fingerprint density at radius 1 is 1.50 bits per heavy atom. The molecule has 112 valence electrons. The van der Waals surface area contributed by atoms with Gasteiger partial charge in [-0.15, -0.1) is 0 Å². The highest BCUT2D eigenvalue weighted by atomic mass is 32.2. The minimum absolute atomic E-state index is 0.276. The number of fused-ring (bicyclic) bond motifs is 1. The van der Waals surface area contributed by atoms with Gasteiger partial charge in [-0.25, -0.2) is 0 Å². The molecule has 1 heterocycles. The van der Waals surface area contributed by atoms with Gasteiger partial charge in [0.05, 0.1) is 7.11 Å². The average Bonchev–Trinajstić information content (AvgIpc) is 2.81. The average molecular weight is 295 g/mol. The molecule has 0 saturated carbocycles. The van der Waals surface area contributed by atoms with Crippen LogP contribution in [0, 0.1) is 0 Å². The number of methoxy groups -OCH3 is 1. The second kappa shape index (κ2) is 7.23. The van der Waals surface area contributed by atoms with Crippen molar-refractivity contribution in [3.63, 3.8) is 0 Å². The van der Waals surface area contributed by atoms with Crippen LogP contribution in [0.2, 0.25) is 0 Å². The van der Waals surface area contributed by atoms with E-state index in [1.54, 1.807) is 7.11 Å². The van der Waals surface area contributed by atoms with Crippen molar-refractivity contribution in [3.8, 4) is 11.5 Å². The van der Waals surface area contributed by atoms with Crippen molar-refractivity contribution in [1.29, 1.82) is 0 Å². The van der Waals surface area contributed by atoms with E-state index in [9.17, 15) is 0 Å². The van der Waals surface area contributed by atoms with Crippen molar-refractivity contribution < 1.29 is 9.47 Å². The first-order valence-electron chi connectivity index (χ1n) is 7.26. The molecule has 2 unspecified atom stereocenters. The van der Waals surface area contributed by atoms with Crippen molar-refractivity contribution >= 4 is 11.8 Å². The standard InChI is InChI=1S/C16H25NO2S/c1-5-14(10-20-4)17-9-13-8-16-12(6-11(2)19-16)7-15(13)18-3/h7-8,11,14,17H,5-6,9-10H2,1-4H3. The molecule has 1 aromatic rings. The molecule has 0 aliphatic carbocycles. The fourth-order valence-electron chi connectivity index (χ4n) is 2.59. The number of nitrogens with one attached hydrogen (secondary N) is 1. The first-order chi connectivity index (χ1) is 9.67. The van der Waals surface area contributed by atoms with Gasteiger partial charge in [0, 0.05) is 35.9 Å². The van der Waals surface area contributed by atoms with E-state index >= 15 is 0 Å². The second-order valence-electron chi connectivity index (χ2n) is 5.35. The summed E-state index contributed by atoms with van der Waals surface area (Å²) in [5, 5.41) is 3.61. The normalized spacial score (nSPS) is 18.5. The minimum atomic E-state index is 0.276. The van der Waals surface area contributed by atoms with Gasteiger partial charge in [0.2, 0.25) is 0 Å². The van der Waals surface area contributed by atoms with Gasteiger partial charge >= 0.3 is 0 Å². The Bertz CT molecular complexity index is 450. The van der Waals surface area contributed by atoms with E-state index in [-0.39, 0.29) is 6.10 Å². The quantitative estimate of drug-likeness (QED) is 0.836. The Kier molecular flexibility index (Phi) is 5.61. The summed E-state index contributed by atoms with van der Waals surface area (Å²) in [4.78, 5) is 0. The summed E-state index contributed by atoms with van der Waals surface area (Å²) in [5.41, 5.74) is 2.44. The van der Waals surface area contributed by atoms with Crippen LogP contribution in [0.15, 0.2) is 12.1 Å². The third-order valence-corrected chi connectivity index (χ3v) is 4.48. The first kappa shape index (κ1) is 15.5. The first-order valence-corrected chi connectivity index (χ1v) is 8.66. The smallest absolute Gasteiger partial charge is 0.123 e. The largest absolute Gasteiger partial charge is 0.496 e. The highest BCUT2D eigenvalue weighted by Gasteiger charge is 2.21. The van der Waals surface area contributed by atoms with Crippen LogP contribution in [0.5, 0.6) is 11.5 Å². The monoisotopic (exact) mass is 295 g/mol. The Balaban J connectivity index is 2.09. The molecule has 1 aromatic carbocycles. The number of hydrogen-bond donors (Lipinski definition) is 1. The molecule has 2 rings (SSSR count). The number of thioether (sulfide) groups is 1. The van der Waals surface area contributed by atoms with Gasteiger partial charge in [-0.2, -0.15) is 11.8 Å². The Hall–Kier alpha value is -0.870. The molecule has 0 fully saturated rings. The van der Waals surface area contributed by atoms with E-state index in [1.165, 1.54) is 11.1 Å². The zero-order valence-corrected chi connectivity index (χ0v) is 13.7. The summed E-state index contributed by atoms with van der Waals surface area (Å²) < 4.78 is 11.4. The maximum absolute atomic E-state index is 5.84. The molecule has 0 saturated heterocycles. The lowest BCUT2D eigenvalue weighted by molar-refractivity contribution is 0.254. The Morgan fingerprint density at radius 2 is 2.30 bits per heavy atom. The van der Waals surface area contributed by atoms with E-state index in [4.69, 9.17) is 9.47 Å². The topological polar surface area (TPSA) is 30.5 Å². The van der Waals surface area contributed by atoms with Gasteiger partial charge in [-0.3, -0.25) is 0 Å². The highest BCUT2D eigenvalue weighted by molar-refractivity contribution is 7.98. The van der Waals surface area contributed by atoms with Crippen LogP contribution in [-0.2, 0) is 13.0 Å². The number of ether oxygens (including phenoxy) is 2. The summed E-state index contributed by atoms with van der Waals surface area (Å²) in [6.07, 6.45) is 4.54. The molecule has 2 atom stereocenters. The molecule has 3 nitrogen and oxygen atoms in total. The lowest BCUT2D eigenvalue weighted by atomic mass is 10.1. The second-order valence-corrected chi connectivity index (χ2v) is 6.26. The zero-order chi connectivity index (χ0) is 14.5. The summed E-state index contributed by atoms with van der Waals surface area (Å²) >= 11 is 1.88. The lowest BCUT2D eigenvalue weighted by Gasteiger charge is -2.17. The van der Waals surface area contributed by atoms with Gasteiger partial charge in [-0.05, 0) is 31.7 Å². The summed E-state index contributed by atoms with van der Waals surface area (Å²) in [5.74, 6) is 3.12. The van der Waals surface area contributed by atoms with Crippen LogP contribution in [0.4, 0.5) is 0 Å². The predicted molar refractivity (Wildman–Crippen MR) is 86.1 cm³/mol. The molecular weight excluding hydrogens is 270 g/mol. The molecule has 1 N–H and O–H groups in total. The Morgan fingerprint density at radius 3 is 2.95 bits per heavy atom. The van der Waals surface area contributed by atoms with Gasteiger partial charge < -0.3 is 14.8 Å². The fraction of sp³-hybridized carbons (Fsp3) is 0.625. The van der Waals surface area contributed by atoms with E-state index in [2.05, 4.69) is 37.6 Å². The van der Waals surface area contributed by atoms with Gasteiger partial charge in [0.1, 0.15) is 17.6 Å². The summed E-state index contributed by atoms with van der Waals surface area (Å²) in [6.45, 7) is 5.15. The van der Waals surface area contributed by atoms with Crippen molar-refractivity contribution in [1.82, 2.24) is 5.32 Å². The van der Waals surface area contributed by atoms with Crippen molar-refractivity contribution in [2.45, 2.75) is 45.4 Å². The molecule has 0 spiro atoms. The SMILES string of the molecule is CCC(CSC)NCc1cc2c(cc1OC)CC(C)O2. The predicted octanol–water partition coefficient (Wildman–Crippen LogP) is 3.25. The third kappa shape index (κ3) is 3.61. The van der Waals surface area contributed by atoms with Gasteiger partial charge in [-0.1, -0.05) is 6.92 Å². The van der Waals surface area contributed by atoms with Crippen LogP contribution in [-0.4, -0.2) is 31.3 Å². The summed E-state index contributed by atoms with van der Waals surface area (Å²) in [6, 6.07) is 4.81. The third-order valence-electron chi connectivity index (χ3n) is 3.74. The van der Waals surface area contributed by atoms with Gasteiger partial charge in [0.15, 0.2) is 0 Å². The lowest BCUT2D eigenvalue weighted by Crippen LogP contribution is -2.30. The van der Waals surface area contributed by atoms with E-state index < -0.39 is 0 Å². The van der Waals surface area contributed by atoms with Crippen molar-refractivity contribution in [3.05, 3.63) is 23.3 Å². The zero-order valence-electron chi connectivity index (χ0n) is 12.9. The molecule has 1 aliphatic rings. The molecule has 0 bridgehead atoms. The Labute approximate surface area is 126 Å².